The molecule has 2 rings (SSSR count). The van der Waals surface area contributed by atoms with E-state index in [2.05, 4.69) is 24.5 Å². The molecule has 1 aliphatic carbocycles. The second-order valence-electron chi connectivity index (χ2n) is 6.35. The van der Waals surface area contributed by atoms with Gasteiger partial charge in [-0.3, -0.25) is 4.79 Å². The molecule has 0 aromatic heterocycles. The summed E-state index contributed by atoms with van der Waals surface area (Å²) in [6.07, 6.45) is 4.68. The smallest absolute Gasteiger partial charge is 0.227 e. The van der Waals surface area contributed by atoms with Gasteiger partial charge >= 0.3 is 0 Å². The number of hydrogen-bond donors (Lipinski definition) is 3. The number of carbonyl (C=O) groups is 1. The first kappa shape index (κ1) is 13.8. The van der Waals surface area contributed by atoms with Gasteiger partial charge in [-0.1, -0.05) is 26.7 Å². The molecule has 1 aliphatic heterocycles. The highest BCUT2D eigenvalue weighted by atomic mass is 16.3. The minimum Gasteiger partial charge on any atom is -0.388 e. The zero-order valence-corrected chi connectivity index (χ0v) is 11.6. The lowest BCUT2D eigenvalue weighted by atomic mass is 9.75. The summed E-state index contributed by atoms with van der Waals surface area (Å²) >= 11 is 0. The maximum Gasteiger partial charge on any atom is 0.227 e. The van der Waals surface area contributed by atoms with Crippen LogP contribution in [0.15, 0.2) is 0 Å². The Balaban J connectivity index is 1.94. The van der Waals surface area contributed by atoms with E-state index >= 15 is 0 Å². The Morgan fingerprint density at radius 2 is 2.00 bits per heavy atom. The monoisotopic (exact) mass is 254 g/mol. The largest absolute Gasteiger partial charge is 0.388 e. The van der Waals surface area contributed by atoms with E-state index in [0.717, 1.165) is 45.2 Å². The van der Waals surface area contributed by atoms with Gasteiger partial charge in [0.05, 0.1) is 11.0 Å². The molecular weight excluding hydrogens is 228 g/mol. The lowest BCUT2D eigenvalue weighted by Crippen LogP contribution is -2.50. The zero-order valence-electron chi connectivity index (χ0n) is 11.6. The molecule has 1 unspecified atom stereocenters. The third kappa shape index (κ3) is 2.54. The van der Waals surface area contributed by atoms with Crippen LogP contribution in [0.5, 0.6) is 0 Å². The molecule has 3 N–H and O–H groups in total. The van der Waals surface area contributed by atoms with Crippen LogP contribution in [0.1, 0.15) is 46.0 Å². The molecule has 0 radical (unpaired) electrons. The fourth-order valence-electron chi connectivity index (χ4n) is 3.29. The molecule has 1 amide bonds. The van der Waals surface area contributed by atoms with Crippen LogP contribution in [0.3, 0.4) is 0 Å². The van der Waals surface area contributed by atoms with E-state index in [1.807, 2.05) is 0 Å². The Labute approximate surface area is 110 Å². The Bertz CT molecular complexity index is 303. The summed E-state index contributed by atoms with van der Waals surface area (Å²) < 4.78 is 0. The second kappa shape index (κ2) is 5.17. The molecule has 4 nitrogen and oxygen atoms in total. The molecule has 1 heterocycles. The highest BCUT2D eigenvalue weighted by Crippen LogP contribution is 2.35. The van der Waals surface area contributed by atoms with E-state index in [9.17, 15) is 9.90 Å². The molecule has 0 aromatic carbocycles. The Morgan fingerprint density at radius 3 is 2.50 bits per heavy atom. The van der Waals surface area contributed by atoms with Gasteiger partial charge in [0.25, 0.3) is 0 Å². The van der Waals surface area contributed by atoms with Gasteiger partial charge in [0.2, 0.25) is 5.91 Å². The maximum absolute atomic E-state index is 12.4. The lowest BCUT2D eigenvalue weighted by molar-refractivity contribution is -0.133. The van der Waals surface area contributed by atoms with Gasteiger partial charge in [-0.25, -0.2) is 0 Å². The van der Waals surface area contributed by atoms with E-state index < -0.39 is 5.60 Å². The summed E-state index contributed by atoms with van der Waals surface area (Å²) in [6, 6.07) is 0. The molecule has 2 fully saturated rings. The zero-order chi connectivity index (χ0) is 13.2. The van der Waals surface area contributed by atoms with Crippen molar-refractivity contribution in [3.8, 4) is 0 Å². The van der Waals surface area contributed by atoms with Crippen molar-refractivity contribution < 1.29 is 9.90 Å². The summed E-state index contributed by atoms with van der Waals surface area (Å²) in [4.78, 5) is 12.4. The Morgan fingerprint density at radius 1 is 1.33 bits per heavy atom. The minimum absolute atomic E-state index is 0.114. The van der Waals surface area contributed by atoms with Crippen molar-refractivity contribution in [3.63, 3.8) is 0 Å². The molecule has 2 aliphatic rings. The van der Waals surface area contributed by atoms with Gasteiger partial charge in [0, 0.05) is 13.1 Å². The molecule has 1 saturated heterocycles. The molecular formula is C14H26N2O2. The van der Waals surface area contributed by atoms with Gasteiger partial charge in [0.1, 0.15) is 0 Å². The fourth-order valence-corrected chi connectivity index (χ4v) is 3.29. The van der Waals surface area contributed by atoms with Crippen molar-refractivity contribution in [1.29, 1.82) is 0 Å². The van der Waals surface area contributed by atoms with Crippen LogP contribution in [0.4, 0.5) is 0 Å². The normalized spacial score (nSPS) is 30.9. The van der Waals surface area contributed by atoms with Crippen molar-refractivity contribution in [2.75, 3.05) is 19.6 Å². The van der Waals surface area contributed by atoms with Gasteiger partial charge in [-0.2, -0.15) is 0 Å². The van der Waals surface area contributed by atoms with E-state index in [4.69, 9.17) is 0 Å². The number of carbonyl (C=O) groups excluding carboxylic acids is 1. The maximum atomic E-state index is 12.4. The van der Waals surface area contributed by atoms with Crippen LogP contribution >= 0.6 is 0 Å². The Hall–Kier alpha value is -0.610. The van der Waals surface area contributed by atoms with Crippen molar-refractivity contribution in [1.82, 2.24) is 10.6 Å². The second-order valence-corrected chi connectivity index (χ2v) is 6.35. The fraction of sp³-hybridized carbons (Fsp3) is 0.929. The molecule has 1 atom stereocenters. The highest BCUT2D eigenvalue weighted by molar-refractivity contribution is 5.83. The predicted octanol–water partition coefficient (Wildman–Crippen LogP) is 1.04. The van der Waals surface area contributed by atoms with Crippen molar-refractivity contribution in [2.45, 2.75) is 51.6 Å². The van der Waals surface area contributed by atoms with Crippen molar-refractivity contribution >= 4 is 5.91 Å². The summed E-state index contributed by atoms with van der Waals surface area (Å²) in [5.41, 5.74) is -0.936. The van der Waals surface area contributed by atoms with Crippen LogP contribution in [-0.4, -0.2) is 36.2 Å². The Kier molecular flexibility index (Phi) is 3.97. The van der Waals surface area contributed by atoms with Crippen molar-refractivity contribution in [2.24, 2.45) is 11.3 Å². The predicted molar refractivity (Wildman–Crippen MR) is 71.2 cm³/mol. The summed E-state index contributed by atoms with van der Waals surface area (Å²) in [5.74, 6) is 0.438. The summed E-state index contributed by atoms with van der Waals surface area (Å²) in [5, 5.41) is 16.6. The molecule has 18 heavy (non-hydrogen) atoms. The van der Waals surface area contributed by atoms with Gasteiger partial charge < -0.3 is 15.7 Å². The van der Waals surface area contributed by atoms with Crippen LogP contribution in [0.2, 0.25) is 0 Å². The first-order valence-corrected chi connectivity index (χ1v) is 7.20. The lowest BCUT2D eigenvalue weighted by Gasteiger charge is -2.33. The van der Waals surface area contributed by atoms with Crippen LogP contribution in [-0.2, 0) is 4.79 Å². The molecule has 4 heteroatoms. The van der Waals surface area contributed by atoms with Crippen molar-refractivity contribution in [3.05, 3.63) is 0 Å². The van der Waals surface area contributed by atoms with Crippen LogP contribution in [0.25, 0.3) is 0 Å². The molecule has 0 spiro atoms. The molecule has 0 bridgehead atoms. The highest BCUT2D eigenvalue weighted by Gasteiger charge is 2.44. The van der Waals surface area contributed by atoms with Gasteiger partial charge in [0.15, 0.2) is 0 Å². The average molecular weight is 254 g/mol. The quantitative estimate of drug-likeness (QED) is 0.702. The third-order valence-electron chi connectivity index (χ3n) is 4.86. The average Bonchev–Trinajstić information content (AvgIpc) is 2.96. The third-order valence-corrected chi connectivity index (χ3v) is 4.86. The number of nitrogens with one attached hydrogen (secondary N) is 2. The number of rotatable bonds is 4. The topological polar surface area (TPSA) is 61.4 Å². The first-order chi connectivity index (χ1) is 8.49. The van der Waals surface area contributed by atoms with Crippen LogP contribution in [0, 0.1) is 11.3 Å². The first-order valence-electron chi connectivity index (χ1n) is 7.20. The standard InChI is InChI=1S/C14H26N2O2/c1-11(2)14(7-8-15-10-14)12(17)16-9-13(18)5-3-4-6-13/h11,15,18H,3-10H2,1-2H3,(H,16,17). The summed E-state index contributed by atoms with van der Waals surface area (Å²) in [7, 11) is 0. The van der Waals surface area contributed by atoms with E-state index in [-0.39, 0.29) is 11.3 Å². The van der Waals surface area contributed by atoms with E-state index in [0.29, 0.717) is 12.5 Å². The molecule has 1 saturated carbocycles. The molecule has 104 valence electrons. The number of aliphatic hydroxyl groups is 1. The van der Waals surface area contributed by atoms with E-state index in [1.165, 1.54) is 0 Å². The SMILES string of the molecule is CC(C)C1(C(=O)NCC2(O)CCCC2)CCNC1. The van der Waals surface area contributed by atoms with Gasteiger partial charge in [-0.05, 0) is 31.7 Å². The van der Waals surface area contributed by atoms with E-state index in [1.54, 1.807) is 0 Å². The minimum atomic E-state index is -0.653. The van der Waals surface area contributed by atoms with Crippen LogP contribution < -0.4 is 10.6 Å². The number of amides is 1. The van der Waals surface area contributed by atoms with Gasteiger partial charge in [-0.15, -0.1) is 0 Å². The number of hydrogen-bond acceptors (Lipinski definition) is 3. The summed E-state index contributed by atoms with van der Waals surface area (Å²) in [6.45, 7) is 6.30. The molecule has 0 aromatic rings.